The van der Waals surface area contributed by atoms with Crippen molar-refractivity contribution in [3.05, 3.63) is 23.8 Å². The van der Waals surface area contributed by atoms with E-state index in [1.54, 1.807) is 18.2 Å². The molecule has 1 amide bonds. The molecule has 0 aromatic heterocycles. The third-order valence-corrected chi connectivity index (χ3v) is 3.79. The van der Waals surface area contributed by atoms with Gasteiger partial charge < -0.3 is 19.5 Å². The molecule has 2 aliphatic heterocycles. The van der Waals surface area contributed by atoms with Crippen molar-refractivity contribution < 1.29 is 19.4 Å². The van der Waals surface area contributed by atoms with Crippen LogP contribution in [0.15, 0.2) is 18.2 Å². The average molecular weight is 263 g/mol. The van der Waals surface area contributed by atoms with Crippen LogP contribution in [0.1, 0.15) is 23.2 Å². The zero-order chi connectivity index (χ0) is 13.2. The van der Waals surface area contributed by atoms with Gasteiger partial charge in [0.2, 0.25) is 6.79 Å². The molecule has 1 N–H and O–H groups in total. The van der Waals surface area contributed by atoms with E-state index >= 15 is 0 Å². The molecule has 2 aliphatic rings. The van der Waals surface area contributed by atoms with Gasteiger partial charge in [-0.3, -0.25) is 4.79 Å². The molecule has 5 nitrogen and oxygen atoms in total. The lowest BCUT2D eigenvalue weighted by Gasteiger charge is -2.31. The van der Waals surface area contributed by atoms with Crippen molar-refractivity contribution in [3.63, 3.8) is 0 Å². The van der Waals surface area contributed by atoms with Gasteiger partial charge in [0.15, 0.2) is 11.5 Å². The highest BCUT2D eigenvalue weighted by molar-refractivity contribution is 5.98. The number of rotatable bonds is 2. The highest BCUT2D eigenvalue weighted by Crippen LogP contribution is 2.36. The van der Waals surface area contributed by atoms with Crippen molar-refractivity contribution >= 4 is 5.91 Å². The number of likely N-dealkylation sites (tertiary alicyclic amines) is 1. The number of aliphatic hydroxyl groups is 1. The smallest absolute Gasteiger partial charge is 0.257 e. The third-order valence-electron chi connectivity index (χ3n) is 3.79. The number of fused-ring (bicyclic) bond motifs is 1. The SMILES string of the molecule is O=C(c1cccc2c1OCO2)N1CCC(CO)CC1. The summed E-state index contributed by atoms with van der Waals surface area (Å²) < 4.78 is 10.7. The summed E-state index contributed by atoms with van der Waals surface area (Å²) in [6.45, 7) is 1.76. The van der Waals surface area contributed by atoms with Crippen LogP contribution in [0.4, 0.5) is 0 Å². The fourth-order valence-corrected chi connectivity index (χ4v) is 2.59. The van der Waals surface area contributed by atoms with E-state index in [4.69, 9.17) is 14.6 Å². The van der Waals surface area contributed by atoms with Gasteiger partial charge in [-0.05, 0) is 30.9 Å². The number of amides is 1. The summed E-state index contributed by atoms with van der Waals surface area (Å²) in [4.78, 5) is 14.3. The maximum Gasteiger partial charge on any atom is 0.257 e. The minimum Gasteiger partial charge on any atom is -0.454 e. The standard InChI is InChI=1S/C14H17NO4/c16-8-10-4-6-15(7-5-10)14(17)11-2-1-3-12-13(11)19-9-18-12/h1-3,10,16H,4-9H2. The predicted octanol–water partition coefficient (Wildman–Crippen LogP) is 1.26. The second-order valence-corrected chi connectivity index (χ2v) is 4.96. The molecule has 1 fully saturated rings. The zero-order valence-electron chi connectivity index (χ0n) is 10.7. The number of nitrogens with zero attached hydrogens (tertiary/aromatic N) is 1. The molecule has 3 rings (SSSR count). The minimum absolute atomic E-state index is 0.0151. The Balaban J connectivity index is 1.76. The first kappa shape index (κ1) is 12.3. The third kappa shape index (κ3) is 2.26. The first-order valence-corrected chi connectivity index (χ1v) is 6.58. The van der Waals surface area contributed by atoms with E-state index in [1.807, 2.05) is 4.90 Å². The van der Waals surface area contributed by atoms with Gasteiger partial charge in [0.1, 0.15) is 0 Å². The fraction of sp³-hybridized carbons (Fsp3) is 0.500. The van der Waals surface area contributed by atoms with Crippen molar-refractivity contribution in [2.45, 2.75) is 12.8 Å². The molecular formula is C14H17NO4. The molecule has 1 aromatic rings. The molecule has 0 unspecified atom stereocenters. The quantitative estimate of drug-likeness (QED) is 0.872. The number of ether oxygens (including phenoxy) is 2. The Kier molecular flexibility index (Phi) is 3.29. The highest BCUT2D eigenvalue weighted by atomic mass is 16.7. The van der Waals surface area contributed by atoms with Crippen molar-refractivity contribution in [2.24, 2.45) is 5.92 Å². The van der Waals surface area contributed by atoms with Gasteiger partial charge in [-0.15, -0.1) is 0 Å². The van der Waals surface area contributed by atoms with E-state index in [0.717, 1.165) is 12.8 Å². The number of para-hydroxylation sites is 1. The molecule has 19 heavy (non-hydrogen) atoms. The van der Waals surface area contributed by atoms with Gasteiger partial charge in [-0.25, -0.2) is 0 Å². The fourth-order valence-electron chi connectivity index (χ4n) is 2.59. The van der Waals surface area contributed by atoms with Crippen molar-refractivity contribution in [3.8, 4) is 11.5 Å². The second kappa shape index (κ2) is 5.09. The van der Waals surface area contributed by atoms with Gasteiger partial charge in [0, 0.05) is 19.7 Å². The number of aliphatic hydroxyl groups excluding tert-OH is 1. The number of carbonyl (C=O) groups excluding carboxylic acids is 1. The van der Waals surface area contributed by atoms with Crippen LogP contribution in [0.2, 0.25) is 0 Å². The van der Waals surface area contributed by atoms with E-state index in [0.29, 0.717) is 36.1 Å². The first-order valence-electron chi connectivity index (χ1n) is 6.58. The van der Waals surface area contributed by atoms with Gasteiger partial charge in [-0.2, -0.15) is 0 Å². The largest absolute Gasteiger partial charge is 0.454 e. The molecule has 0 radical (unpaired) electrons. The Morgan fingerprint density at radius 3 is 2.84 bits per heavy atom. The van der Waals surface area contributed by atoms with E-state index in [-0.39, 0.29) is 19.3 Å². The lowest BCUT2D eigenvalue weighted by molar-refractivity contribution is 0.0646. The number of benzene rings is 1. The van der Waals surface area contributed by atoms with Crippen LogP contribution >= 0.6 is 0 Å². The van der Waals surface area contributed by atoms with Crippen LogP contribution < -0.4 is 9.47 Å². The van der Waals surface area contributed by atoms with Crippen LogP contribution in [0.5, 0.6) is 11.5 Å². The normalized spacial score (nSPS) is 18.7. The van der Waals surface area contributed by atoms with Crippen molar-refractivity contribution in [1.29, 1.82) is 0 Å². The lowest BCUT2D eigenvalue weighted by Crippen LogP contribution is -2.39. The van der Waals surface area contributed by atoms with E-state index in [2.05, 4.69) is 0 Å². The van der Waals surface area contributed by atoms with Crippen molar-refractivity contribution in [2.75, 3.05) is 26.5 Å². The highest BCUT2D eigenvalue weighted by Gasteiger charge is 2.28. The van der Waals surface area contributed by atoms with Gasteiger partial charge in [0.05, 0.1) is 5.56 Å². The Morgan fingerprint density at radius 2 is 2.11 bits per heavy atom. The Bertz CT molecular complexity index is 480. The van der Waals surface area contributed by atoms with Gasteiger partial charge >= 0.3 is 0 Å². The van der Waals surface area contributed by atoms with E-state index in [1.165, 1.54) is 0 Å². The van der Waals surface area contributed by atoms with Crippen LogP contribution in [0.3, 0.4) is 0 Å². The zero-order valence-corrected chi connectivity index (χ0v) is 10.7. The van der Waals surface area contributed by atoms with Crippen LogP contribution in [-0.4, -0.2) is 42.4 Å². The average Bonchev–Trinajstić information content (AvgIpc) is 2.95. The molecule has 5 heteroatoms. The maximum atomic E-state index is 12.5. The molecule has 0 spiro atoms. The molecule has 0 atom stereocenters. The predicted molar refractivity (Wildman–Crippen MR) is 68.3 cm³/mol. The van der Waals surface area contributed by atoms with Crippen LogP contribution in [0, 0.1) is 5.92 Å². The Hall–Kier alpha value is -1.75. The molecule has 2 heterocycles. The molecule has 1 aromatic carbocycles. The Labute approximate surface area is 111 Å². The van der Waals surface area contributed by atoms with E-state index < -0.39 is 0 Å². The van der Waals surface area contributed by atoms with Crippen LogP contribution in [-0.2, 0) is 0 Å². The summed E-state index contributed by atoms with van der Waals surface area (Å²) in [5, 5.41) is 9.12. The monoisotopic (exact) mass is 263 g/mol. The summed E-state index contributed by atoms with van der Waals surface area (Å²) in [5.41, 5.74) is 0.567. The van der Waals surface area contributed by atoms with E-state index in [9.17, 15) is 4.79 Å². The topological polar surface area (TPSA) is 59.0 Å². The number of hydrogen-bond acceptors (Lipinski definition) is 4. The maximum absolute atomic E-state index is 12.5. The summed E-state index contributed by atoms with van der Waals surface area (Å²) in [5.74, 6) is 1.50. The summed E-state index contributed by atoms with van der Waals surface area (Å²) in [7, 11) is 0. The van der Waals surface area contributed by atoms with Crippen LogP contribution in [0.25, 0.3) is 0 Å². The van der Waals surface area contributed by atoms with Gasteiger partial charge in [-0.1, -0.05) is 6.07 Å². The second-order valence-electron chi connectivity index (χ2n) is 4.96. The van der Waals surface area contributed by atoms with Crippen molar-refractivity contribution in [1.82, 2.24) is 4.90 Å². The molecule has 0 aliphatic carbocycles. The number of piperidine rings is 1. The molecule has 0 saturated carbocycles. The summed E-state index contributed by atoms with van der Waals surface area (Å²) >= 11 is 0. The Morgan fingerprint density at radius 1 is 1.32 bits per heavy atom. The summed E-state index contributed by atoms with van der Waals surface area (Å²) in [6, 6.07) is 5.38. The van der Waals surface area contributed by atoms with Gasteiger partial charge in [0.25, 0.3) is 5.91 Å². The number of carbonyl (C=O) groups is 1. The molecule has 1 saturated heterocycles. The summed E-state index contributed by atoms with van der Waals surface area (Å²) in [6.07, 6.45) is 1.71. The minimum atomic E-state index is -0.0151. The lowest BCUT2D eigenvalue weighted by atomic mass is 9.97. The molecule has 0 bridgehead atoms. The molecule has 102 valence electrons. The first-order chi connectivity index (χ1) is 9.29. The number of hydrogen-bond donors (Lipinski definition) is 1. The molecular weight excluding hydrogens is 246 g/mol.